The number of aryl methyl sites for hydroxylation is 1. The minimum absolute atomic E-state index is 0. The highest BCUT2D eigenvalue weighted by molar-refractivity contribution is 5.85. The highest BCUT2D eigenvalue weighted by atomic mass is 35.5. The lowest BCUT2D eigenvalue weighted by Crippen LogP contribution is -2.49. The highest BCUT2D eigenvalue weighted by Crippen LogP contribution is 2.20. The fourth-order valence-corrected chi connectivity index (χ4v) is 3.27. The van der Waals surface area contributed by atoms with E-state index >= 15 is 0 Å². The van der Waals surface area contributed by atoms with Gasteiger partial charge in [-0.2, -0.15) is 0 Å². The van der Waals surface area contributed by atoms with Gasteiger partial charge in [0.05, 0.1) is 0 Å². The van der Waals surface area contributed by atoms with Crippen molar-refractivity contribution in [2.45, 2.75) is 38.3 Å². The van der Waals surface area contributed by atoms with Crippen molar-refractivity contribution in [1.82, 2.24) is 30.4 Å². The Bertz CT molecular complexity index is 677. The van der Waals surface area contributed by atoms with Gasteiger partial charge in [0.15, 0.2) is 0 Å². The number of nitrogens with zero attached hydrogens (tertiary/aromatic N) is 5. The fourth-order valence-electron chi connectivity index (χ4n) is 3.27. The number of halogens is 1. The first-order valence-electron chi connectivity index (χ1n) is 8.43. The predicted molar refractivity (Wildman–Crippen MR) is 97.6 cm³/mol. The number of rotatable bonds is 5. The molecule has 1 saturated heterocycles. The number of carbonyl (C=O) groups is 1. The molecular weight excluding hydrogens is 340 g/mol. The summed E-state index contributed by atoms with van der Waals surface area (Å²) in [5, 5.41) is 15.0. The molecule has 7 nitrogen and oxygen atoms in total. The number of hydrogen-bond donors (Lipinski definition) is 1. The zero-order valence-electron chi connectivity index (χ0n) is 14.6. The SMILES string of the molecule is CNC1CCCN(C(=O)C(Cc2ccccc2)n2nnnc2C)C1.Cl. The number of likely N-dealkylation sites (tertiary alicyclic amines) is 1. The van der Waals surface area contributed by atoms with Crippen molar-refractivity contribution in [2.24, 2.45) is 0 Å². The molecule has 1 aliphatic rings. The molecular formula is C17H25ClN6O. The van der Waals surface area contributed by atoms with Gasteiger partial charge in [-0.25, -0.2) is 4.68 Å². The summed E-state index contributed by atoms with van der Waals surface area (Å²) < 4.78 is 1.65. The zero-order chi connectivity index (χ0) is 16.9. The first-order chi connectivity index (χ1) is 11.7. The summed E-state index contributed by atoms with van der Waals surface area (Å²) in [5.74, 6) is 0.751. The van der Waals surface area contributed by atoms with Crippen LogP contribution in [0.3, 0.4) is 0 Å². The third-order valence-electron chi connectivity index (χ3n) is 4.65. The third-order valence-corrected chi connectivity index (χ3v) is 4.65. The Morgan fingerprint density at radius 3 is 2.76 bits per heavy atom. The molecule has 1 aromatic heterocycles. The quantitative estimate of drug-likeness (QED) is 0.867. The molecule has 2 heterocycles. The Labute approximate surface area is 154 Å². The van der Waals surface area contributed by atoms with Gasteiger partial charge in [0.25, 0.3) is 0 Å². The molecule has 136 valence electrons. The van der Waals surface area contributed by atoms with E-state index in [4.69, 9.17) is 0 Å². The number of likely N-dealkylation sites (N-methyl/N-ethyl adjacent to an activating group) is 1. The molecule has 3 rings (SSSR count). The number of piperidine rings is 1. The first kappa shape index (κ1) is 19.3. The molecule has 1 aromatic carbocycles. The summed E-state index contributed by atoms with van der Waals surface area (Å²) in [5.41, 5.74) is 1.10. The number of carbonyl (C=O) groups excluding carboxylic acids is 1. The van der Waals surface area contributed by atoms with Gasteiger partial charge in [-0.15, -0.1) is 17.5 Å². The minimum atomic E-state index is -0.405. The lowest BCUT2D eigenvalue weighted by atomic mass is 10.0. The summed E-state index contributed by atoms with van der Waals surface area (Å²) in [4.78, 5) is 15.1. The van der Waals surface area contributed by atoms with Gasteiger partial charge < -0.3 is 10.2 Å². The summed E-state index contributed by atoms with van der Waals surface area (Å²) in [6, 6.07) is 9.97. The van der Waals surface area contributed by atoms with Gasteiger partial charge in [0.2, 0.25) is 5.91 Å². The number of aromatic nitrogens is 4. The van der Waals surface area contributed by atoms with Crippen LogP contribution < -0.4 is 5.32 Å². The Hall–Kier alpha value is -1.99. The van der Waals surface area contributed by atoms with Crippen LogP contribution >= 0.6 is 12.4 Å². The molecule has 1 aliphatic heterocycles. The van der Waals surface area contributed by atoms with Crippen LogP contribution in [0.5, 0.6) is 0 Å². The van der Waals surface area contributed by atoms with Gasteiger partial charge >= 0.3 is 0 Å². The van der Waals surface area contributed by atoms with Crippen molar-refractivity contribution >= 4 is 18.3 Å². The molecule has 0 saturated carbocycles. The van der Waals surface area contributed by atoms with E-state index in [1.54, 1.807) is 4.68 Å². The molecule has 1 fully saturated rings. The van der Waals surface area contributed by atoms with Gasteiger partial charge in [-0.3, -0.25) is 4.79 Å². The van der Waals surface area contributed by atoms with Crippen molar-refractivity contribution in [3.05, 3.63) is 41.7 Å². The number of nitrogens with one attached hydrogen (secondary N) is 1. The second-order valence-corrected chi connectivity index (χ2v) is 6.29. The van der Waals surface area contributed by atoms with Gasteiger partial charge in [0.1, 0.15) is 11.9 Å². The molecule has 8 heteroatoms. The minimum Gasteiger partial charge on any atom is -0.339 e. The van der Waals surface area contributed by atoms with E-state index in [0.29, 0.717) is 18.3 Å². The topological polar surface area (TPSA) is 75.9 Å². The van der Waals surface area contributed by atoms with Crippen molar-refractivity contribution in [3.8, 4) is 0 Å². The van der Waals surface area contributed by atoms with Crippen LogP contribution in [0, 0.1) is 6.92 Å². The number of benzene rings is 1. The maximum atomic E-state index is 13.2. The molecule has 0 radical (unpaired) electrons. The lowest BCUT2D eigenvalue weighted by molar-refractivity contribution is -0.136. The summed E-state index contributed by atoms with van der Waals surface area (Å²) >= 11 is 0. The van der Waals surface area contributed by atoms with Gasteiger partial charge in [-0.1, -0.05) is 30.3 Å². The normalized spacial score (nSPS) is 18.5. The molecule has 0 spiro atoms. The fraction of sp³-hybridized carbons (Fsp3) is 0.529. The third kappa shape index (κ3) is 4.55. The van der Waals surface area contributed by atoms with Crippen LogP contribution in [0.15, 0.2) is 30.3 Å². The number of tetrazole rings is 1. The molecule has 1 N–H and O–H groups in total. The largest absolute Gasteiger partial charge is 0.339 e. The van der Waals surface area contributed by atoms with E-state index in [-0.39, 0.29) is 18.3 Å². The van der Waals surface area contributed by atoms with Crippen LogP contribution in [-0.2, 0) is 11.2 Å². The van der Waals surface area contributed by atoms with Crippen LogP contribution in [-0.4, -0.2) is 57.2 Å². The van der Waals surface area contributed by atoms with Crippen molar-refractivity contribution in [3.63, 3.8) is 0 Å². The molecule has 0 bridgehead atoms. The second-order valence-electron chi connectivity index (χ2n) is 6.29. The Morgan fingerprint density at radius 2 is 2.12 bits per heavy atom. The molecule has 0 aliphatic carbocycles. The summed E-state index contributed by atoms with van der Waals surface area (Å²) in [7, 11) is 1.95. The van der Waals surface area contributed by atoms with Crippen LogP contribution in [0.25, 0.3) is 0 Å². The Balaban J connectivity index is 0.00000225. The van der Waals surface area contributed by atoms with Crippen molar-refractivity contribution in [2.75, 3.05) is 20.1 Å². The molecule has 2 atom stereocenters. The highest BCUT2D eigenvalue weighted by Gasteiger charge is 2.31. The van der Waals surface area contributed by atoms with E-state index < -0.39 is 6.04 Å². The van der Waals surface area contributed by atoms with E-state index in [1.807, 2.05) is 49.2 Å². The predicted octanol–water partition coefficient (Wildman–Crippen LogP) is 1.40. The standard InChI is InChI=1S/C17H24N6O.ClH/c1-13-19-20-21-23(13)16(11-14-7-4-3-5-8-14)17(24)22-10-6-9-15(12-22)18-2;/h3-5,7-8,15-16,18H,6,9-12H2,1-2H3;1H. The number of amides is 1. The van der Waals surface area contributed by atoms with Crippen LogP contribution in [0.4, 0.5) is 0 Å². The van der Waals surface area contributed by atoms with Crippen molar-refractivity contribution in [1.29, 1.82) is 0 Å². The van der Waals surface area contributed by atoms with E-state index in [1.165, 1.54) is 0 Å². The maximum absolute atomic E-state index is 13.2. The smallest absolute Gasteiger partial charge is 0.247 e. The average Bonchev–Trinajstić information content (AvgIpc) is 3.06. The van der Waals surface area contributed by atoms with Gasteiger partial charge in [-0.05, 0) is 42.8 Å². The molecule has 1 amide bonds. The van der Waals surface area contributed by atoms with E-state index in [9.17, 15) is 4.79 Å². The lowest BCUT2D eigenvalue weighted by Gasteiger charge is -2.34. The molecule has 2 aromatic rings. The average molecular weight is 365 g/mol. The van der Waals surface area contributed by atoms with E-state index in [0.717, 1.165) is 31.5 Å². The molecule has 2 unspecified atom stereocenters. The second kappa shape index (κ2) is 8.92. The van der Waals surface area contributed by atoms with E-state index in [2.05, 4.69) is 20.8 Å². The van der Waals surface area contributed by atoms with Crippen molar-refractivity contribution < 1.29 is 4.79 Å². The van der Waals surface area contributed by atoms with Crippen LogP contribution in [0.1, 0.15) is 30.3 Å². The zero-order valence-corrected chi connectivity index (χ0v) is 15.4. The van der Waals surface area contributed by atoms with Gasteiger partial charge in [0, 0.05) is 25.6 Å². The maximum Gasteiger partial charge on any atom is 0.247 e. The monoisotopic (exact) mass is 364 g/mol. The van der Waals surface area contributed by atoms with Crippen LogP contribution in [0.2, 0.25) is 0 Å². The number of hydrogen-bond acceptors (Lipinski definition) is 5. The summed E-state index contributed by atoms with van der Waals surface area (Å²) in [6.45, 7) is 3.36. The Morgan fingerprint density at radius 1 is 1.36 bits per heavy atom. The summed E-state index contributed by atoms with van der Waals surface area (Å²) in [6.07, 6.45) is 2.71. The molecule has 25 heavy (non-hydrogen) atoms. The first-order valence-corrected chi connectivity index (χ1v) is 8.43. The Kier molecular flexibility index (Phi) is 6.90.